The summed E-state index contributed by atoms with van der Waals surface area (Å²) in [6, 6.07) is 11.4. The van der Waals surface area contributed by atoms with Gasteiger partial charge in [-0.05, 0) is 74.9 Å². The first kappa shape index (κ1) is 20.6. The molecule has 2 aromatic carbocycles. The van der Waals surface area contributed by atoms with Crippen molar-refractivity contribution >= 4 is 21.6 Å². The van der Waals surface area contributed by atoms with Gasteiger partial charge in [-0.2, -0.15) is 4.31 Å². The number of hydrogen-bond acceptors (Lipinski definition) is 3. The van der Waals surface area contributed by atoms with Crippen molar-refractivity contribution in [2.45, 2.75) is 45.4 Å². The summed E-state index contributed by atoms with van der Waals surface area (Å²) in [6.07, 6.45) is 1.06. The molecule has 3 rings (SSSR count). The minimum atomic E-state index is -3.57. The Bertz CT molecular complexity index is 950. The maximum absolute atomic E-state index is 13.3. The minimum absolute atomic E-state index is 0.0398. The number of carbonyl (C=O) groups is 1. The van der Waals surface area contributed by atoms with E-state index >= 15 is 0 Å². The van der Waals surface area contributed by atoms with E-state index < -0.39 is 10.0 Å². The largest absolute Gasteiger partial charge is 0.326 e. The molecule has 1 fully saturated rings. The Balaban J connectivity index is 1.73. The van der Waals surface area contributed by atoms with Crippen LogP contribution in [0.1, 0.15) is 35.1 Å². The molecule has 2 aromatic rings. The highest BCUT2D eigenvalue weighted by Gasteiger charge is 2.34. The molecule has 0 atom stereocenters. The molecule has 0 unspecified atom stereocenters. The number of benzene rings is 2. The third-order valence-electron chi connectivity index (χ3n) is 5.76. The van der Waals surface area contributed by atoms with Gasteiger partial charge in [-0.1, -0.05) is 24.3 Å². The van der Waals surface area contributed by atoms with Crippen LogP contribution in [0.25, 0.3) is 0 Å². The maximum Gasteiger partial charge on any atom is 0.243 e. The summed E-state index contributed by atoms with van der Waals surface area (Å²) < 4.78 is 28.2. The molecule has 5 nitrogen and oxygen atoms in total. The third-order valence-corrected chi connectivity index (χ3v) is 7.93. The molecular formula is C22H28N2O3S. The fraction of sp³-hybridized carbons (Fsp3) is 0.409. The average Bonchev–Trinajstić information content (AvgIpc) is 2.67. The van der Waals surface area contributed by atoms with Gasteiger partial charge < -0.3 is 5.32 Å². The Morgan fingerprint density at radius 3 is 2.04 bits per heavy atom. The van der Waals surface area contributed by atoms with Crippen molar-refractivity contribution in [2.24, 2.45) is 5.92 Å². The number of aryl methyl sites for hydroxylation is 2. The molecule has 0 aliphatic carbocycles. The van der Waals surface area contributed by atoms with Gasteiger partial charge in [0.2, 0.25) is 15.9 Å². The predicted molar refractivity (Wildman–Crippen MR) is 112 cm³/mol. The average molecular weight is 401 g/mol. The van der Waals surface area contributed by atoms with E-state index in [4.69, 9.17) is 0 Å². The van der Waals surface area contributed by atoms with Gasteiger partial charge in [-0.15, -0.1) is 0 Å². The second-order valence-electron chi connectivity index (χ2n) is 7.62. The quantitative estimate of drug-likeness (QED) is 0.845. The van der Waals surface area contributed by atoms with Crippen molar-refractivity contribution in [1.82, 2.24) is 4.31 Å². The van der Waals surface area contributed by atoms with Crippen LogP contribution in [0.3, 0.4) is 0 Å². The second-order valence-corrected chi connectivity index (χ2v) is 9.50. The van der Waals surface area contributed by atoms with Crippen LogP contribution in [-0.4, -0.2) is 31.7 Å². The minimum Gasteiger partial charge on any atom is -0.326 e. The fourth-order valence-electron chi connectivity index (χ4n) is 3.82. The van der Waals surface area contributed by atoms with Crippen LogP contribution in [0.15, 0.2) is 41.3 Å². The standard InChI is InChI=1S/C22H28N2O3S/c1-15-14-16(2)18(4)21(17(15)3)28(26,27)24-12-10-19(11-13-24)22(25)23-20-8-6-5-7-9-20/h5-9,14,19H,10-13H2,1-4H3,(H,23,25). The van der Waals surface area contributed by atoms with Crippen molar-refractivity contribution in [2.75, 3.05) is 18.4 Å². The van der Waals surface area contributed by atoms with Crippen molar-refractivity contribution in [3.05, 3.63) is 58.7 Å². The fourth-order valence-corrected chi connectivity index (χ4v) is 5.87. The lowest BCUT2D eigenvalue weighted by Gasteiger charge is -2.31. The molecular weight excluding hydrogens is 372 g/mol. The monoisotopic (exact) mass is 400 g/mol. The van der Waals surface area contributed by atoms with Gasteiger partial charge in [0, 0.05) is 24.7 Å². The van der Waals surface area contributed by atoms with Gasteiger partial charge in [-0.3, -0.25) is 4.79 Å². The van der Waals surface area contributed by atoms with E-state index in [0.717, 1.165) is 27.9 Å². The molecule has 1 saturated heterocycles. The Kier molecular flexibility index (Phi) is 5.91. The van der Waals surface area contributed by atoms with Crippen molar-refractivity contribution in [3.8, 4) is 0 Å². The molecule has 0 aromatic heterocycles. The molecule has 0 saturated carbocycles. The zero-order chi connectivity index (χ0) is 20.5. The number of carbonyl (C=O) groups excluding carboxylic acids is 1. The summed E-state index contributed by atoms with van der Waals surface area (Å²) in [5, 5.41) is 2.92. The van der Waals surface area contributed by atoms with Crippen molar-refractivity contribution < 1.29 is 13.2 Å². The molecule has 1 aliphatic rings. The first-order valence-corrected chi connectivity index (χ1v) is 11.1. The Labute approximate surface area is 167 Å². The van der Waals surface area contributed by atoms with Crippen LogP contribution >= 0.6 is 0 Å². The predicted octanol–water partition coefficient (Wildman–Crippen LogP) is 3.96. The van der Waals surface area contributed by atoms with Crippen LogP contribution in [0.5, 0.6) is 0 Å². The van der Waals surface area contributed by atoms with E-state index in [1.165, 1.54) is 4.31 Å². The number of piperidine rings is 1. The summed E-state index contributed by atoms with van der Waals surface area (Å²) in [7, 11) is -3.57. The van der Waals surface area contributed by atoms with Crippen LogP contribution in [0.4, 0.5) is 5.69 Å². The molecule has 1 aliphatic heterocycles. The normalized spacial score (nSPS) is 16.1. The molecule has 6 heteroatoms. The molecule has 0 spiro atoms. The number of anilines is 1. The van der Waals surface area contributed by atoms with Crippen LogP contribution < -0.4 is 5.32 Å². The lowest BCUT2D eigenvalue weighted by Crippen LogP contribution is -2.41. The topological polar surface area (TPSA) is 66.5 Å². The second kappa shape index (κ2) is 8.05. The summed E-state index contributed by atoms with van der Waals surface area (Å²) in [5.74, 6) is -0.213. The lowest BCUT2D eigenvalue weighted by molar-refractivity contribution is -0.120. The van der Waals surface area contributed by atoms with Gasteiger partial charge in [0.05, 0.1) is 4.90 Å². The SMILES string of the molecule is Cc1cc(C)c(C)c(S(=O)(=O)N2CCC(C(=O)Nc3ccccc3)CC2)c1C. The first-order valence-electron chi connectivity index (χ1n) is 9.65. The van der Waals surface area contributed by atoms with E-state index in [1.807, 2.05) is 64.1 Å². The van der Waals surface area contributed by atoms with E-state index in [2.05, 4.69) is 5.32 Å². The van der Waals surface area contributed by atoms with E-state index in [1.54, 1.807) is 0 Å². The van der Waals surface area contributed by atoms with E-state index in [0.29, 0.717) is 30.8 Å². The number of para-hydroxylation sites is 1. The Morgan fingerprint density at radius 1 is 0.964 bits per heavy atom. The summed E-state index contributed by atoms with van der Waals surface area (Å²) in [4.78, 5) is 12.9. The maximum atomic E-state index is 13.3. The van der Waals surface area contributed by atoms with Crippen molar-refractivity contribution in [1.29, 1.82) is 0 Å². The van der Waals surface area contributed by atoms with Gasteiger partial charge >= 0.3 is 0 Å². The van der Waals surface area contributed by atoms with Crippen LogP contribution in [0, 0.1) is 33.6 Å². The van der Waals surface area contributed by atoms with Crippen LogP contribution in [0.2, 0.25) is 0 Å². The van der Waals surface area contributed by atoms with E-state index in [9.17, 15) is 13.2 Å². The molecule has 1 heterocycles. The number of rotatable bonds is 4. The smallest absolute Gasteiger partial charge is 0.243 e. The summed E-state index contributed by atoms with van der Waals surface area (Å²) in [6.45, 7) is 8.35. The number of sulfonamides is 1. The lowest BCUT2D eigenvalue weighted by atomic mass is 9.97. The number of nitrogens with one attached hydrogen (secondary N) is 1. The highest BCUT2D eigenvalue weighted by molar-refractivity contribution is 7.89. The molecule has 150 valence electrons. The van der Waals surface area contributed by atoms with E-state index in [-0.39, 0.29) is 11.8 Å². The molecule has 0 bridgehead atoms. The number of nitrogens with zero attached hydrogens (tertiary/aromatic N) is 1. The number of hydrogen-bond donors (Lipinski definition) is 1. The molecule has 1 N–H and O–H groups in total. The first-order chi connectivity index (χ1) is 13.2. The Hall–Kier alpha value is -2.18. The zero-order valence-corrected chi connectivity index (χ0v) is 17.8. The van der Waals surface area contributed by atoms with Crippen molar-refractivity contribution in [3.63, 3.8) is 0 Å². The van der Waals surface area contributed by atoms with Gasteiger partial charge in [0.25, 0.3) is 0 Å². The van der Waals surface area contributed by atoms with Gasteiger partial charge in [0.1, 0.15) is 0 Å². The zero-order valence-electron chi connectivity index (χ0n) is 17.0. The highest BCUT2D eigenvalue weighted by Crippen LogP contribution is 2.31. The Morgan fingerprint density at radius 2 is 1.50 bits per heavy atom. The van der Waals surface area contributed by atoms with Crippen LogP contribution in [-0.2, 0) is 14.8 Å². The third kappa shape index (κ3) is 3.98. The number of amides is 1. The van der Waals surface area contributed by atoms with Gasteiger partial charge in [0.15, 0.2) is 0 Å². The van der Waals surface area contributed by atoms with Gasteiger partial charge in [-0.25, -0.2) is 8.42 Å². The molecule has 0 radical (unpaired) electrons. The summed E-state index contributed by atoms with van der Waals surface area (Å²) >= 11 is 0. The summed E-state index contributed by atoms with van der Waals surface area (Å²) in [5.41, 5.74) is 4.36. The molecule has 1 amide bonds. The molecule has 28 heavy (non-hydrogen) atoms. The highest BCUT2D eigenvalue weighted by atomic mass is 32.2.